The molecule has 0 saturated carbocycles. The van der Waals surface area contributed by atoms with Gasteiger partial charge in [-0.05, 0) is 43.3 Å². The maximum Gasteiger partial charge on any atom is 0.416 e. The molecule has 0 unspecified atom stereocenters. The van der Waals surface area contributed by atoms with E-state index in [-0.39, 0.29) is 19.4 Å². The van der Waals surface area contributed by atoms with Crippen LogP contribution in [-0.2, 0) is 15.7 Å². The molecule has 188 valence electrons. The summed E-state index contributed by atoms with van der Waals surface area (Å²) in [6, 6.07) is 10.2. The highest BCUT2D eigenvalue weighted by atomic mass is 19.4. The molecule has 1 amide bonds. The summed E-state index contributed by atoms with van der Waals surface area (Å²) < 4.78 is 61.0. The number of piperazine rings is 1. The smallest absolute Gasteiger partial charge is 0.416 e. The molecule has 2 heterocycles. The average molecular weight is 493 g/mol. The molecular weight excluding hydrogens is 467 g/mol. The van der Waals surface area contributed by atoms with Gasteiger partial charge < -0.3 is 28.7 Å². The first-order valence-corrected chi connectivity index (χ1v) is 11.3. The lowest BCUT2D eigenvalue weighted by Crippen LogP contribution is -2.49. The lowest BCUT2D eigenvalue weighted by atomic mass is 10.1. The number of rotatable bonds is 6. The number of fused-ring (bicyclic) bond motifs is 1. The van der Waals surface area contributed by atoms with Gasteiger partial charge in [-0.1, -0.05) is 6.07 Å². The summed E-state index contributed by atoms with van der Waals surface area (Å²) in [4.78, 5) is 20.7. The number of aliphatic imine (C=N–C) groups is 1. The third-order valence-corrected chi connectivity index (χ3v) is 5.57. The molecule has 2 aromatic rings. The van der Waals surface area contributed by atoms with Crippen LogP contribution in [0.2, 0.25) is 0 Å². The molecule has 2 aliphatic heterocycles. The Morgan fingerprint density at radius 2 is 1.80 bits per heavy atom. The summed E-state index contributed by atoms with van der Waals surface area (Å²) in [5.41, 5.74) is 0.127. The zero-order valence-corrected chi connectivity index (χ0v) is 19.2. The number of carbonyl (C=O) groups is 1. The maximum atomic E-state index is 13.1. The molecule has 1 fully saturated rings. The normalized spacial score (nSPS) is 15.9. The van der Waals surface area contributed by atoms with Crippen LogP contribution in [0.15, 0.2) is 47.5 Å². The van der Waals surface area contributed by atoms with E-state index in [2.05, 4.69) is 4.99 Å². The Labute approximate surface area is 200 Å². The topological polar surface area (TPSA) is 72.8 Å². The minimum Gasteiger partial charge on any atom is -0.462 e. The maximum absolute atomic E-state index is 13.1. The number of nitrogens with zero attached hydrogens (tertiary/aromatic N) is 3. The Balaban J connectivity index is 1.46. The van der Waals surface area contributed by atoms with Crippen molar-refractivity contribution in [3.05, 3.63) is 53.6 Å². The summed E-state index contributed by atoms with van der Waals surface area (Å²) in [5.74, 6) is 0.527. The van der Waals surface area contributed by atoms with Gasteiger partial charge >= 0.3 is 6.18 Å². The first-order valence-electron chi connectivity index (χ1n) is 11.3. The summed E-state index contributed by atoms with van der Waals surface area (Å²) in [7, 11) is 0. The van der Waals surface area contributed by atoms with Crippen molar-refractivity contribution in [3.63, 3.8) is 0 Å². The molecule has 11 heteroatoms. The van der Waals surface area contributed by atoms with Gasteiger partial charge in [0.15, 0.2) is 11.5 Å². The Kier molecular flexibility index (Phi) is 7.64. The first-order chi connectivity index (χ1) is 16.8. The molecule has 0 atom stereocenters. The van der Waals surface area contributed by atoms with E-state index in [9.17, 15) is 18.0 Å². The van der Waals surface area contributed by atoms with Gasteiger partial charge in [0.25, 0.3) is 11.9 Å². The summed E-state index contributed by atoms with van der Waals surface area (Å²) in [6.07, 6.45) is -4.40. The first kappa shape index (κ1) is 24.6. The van der Waals surface area contributed by atoms with Crippen molar-refractivity contribution in [2.45, 2.75) is 13.1 Å². The van der Waals surface area contributed by atoms with E-state index >= 15 is 0 Å². The number of amides is 1. The summed E-state index contributed by atoms with van der Waals surface area (Å²) in [5, 5.41) is 0. The number of hydrogen-bond acceptors (Lipinski definition) is 6. The molecule has 0 aliphatic carbocycles. The Hall–Kier alpha value is -3.47. The SMILES string of the molecule is CCOCCOC(=NC(=O)c1ccc2c(c1)OCO2)N1CCN(c2cccc(C(F)(F)F)c2)CC1. The van der Waals surface area contributed by atoms with Gasteiger partial charge in [-0.25, -0.2) is 0 Å². The third kappa shape index (κ3) is 6.16. The van der Waals surface area contributed by atoms with E-state index in [1.54, 1.807) is 29.2 Å². The Bertz CT molecular complexity index is 1070. The fourth-order valence-corrected chi connectivity index (χ4v) is 3.75. The molecule has 0 spiro atoms. The van der Waals surface area contributed by atoms with Crippen molar-refractivity contribution in [2.75, 3.05) is 57.7 Å². The van der Waals surface area contributed by atoms with Crippen molar-refractivity contribution >= 4 is 17.6 Å². The molecule has 0 radical (unpaired) electrons. The number of anilines is 1. The van der Waals surface area contributed by atoms with Crippen molar-refractivity contribution in [3.8, 4) is 11.5 Å². The van der Waals surface area contributed by atoms with Gasteiger partial charge in [0, 0.05) is 44.0 Å². The van der Waals surface area contributed by atoms with Crippen molar-refractivity contribution in [2.24, 2.45) is 4.99 Å². The quantitative estimate of drug-likeness (QED) is 0.344. The molecule has 1 saturated heterocycles. The van der Waals surface area contributed by atoms with Crippen LogP contribution in [0.1, 0.15) is 22.8 Å². The molecule has 8 nitrogen and oxygen atoms in total. The van der Waals surface area contributed by atoms with Crippen LogP contribution >= 0.6 is 0 Å². The highest BCUT2D eigenvalue weighted by molar-refractivity contribution is 6.01. The second-order valence-corrected chi connectivity index (χ2v) is 7.84. The van der Waals surface area contributed by atoms with Crippen molar-refractivity contribution in [1.82, 2.24) is 4.90 Å². The van der Waals surface area contributed by atoms with E-state index in [1.165, 1.54) is 6.07 Å². The van der Waals surface area contributed by atoms with Crippen LogP contribution in [-0.4, -0.2) is 69.6 Å². The number of amidine groups is 1. The zero-order chi connectivity index (χ0) is 24.8. The summed E-state index contributed by atoms with van der Waals surface area (Å²) in [6.45, 7) is 4.73. The van der Waals surface area contributed by atoms with Gasteiger partial charge in [0.2, 0.25) is 6.79 Å². The molecule has 2 aliphatic rings. The predicted molar refractivity (Wildman–Crippen MR) is 122 cm³/mol. The molecule has 2 aromatic carbocycles. The van der Waals surface area contributed by atoms with Crippen LogP contribution in [0, 0.1) is 0 Å². The standard InChI is InChI=1S/C24H26F3N3O5/c1-2-32-12-13-33-23(28-22(31)17-6-7-20-21(14-17)35-16-34-20)30-10-8-29(9-11-30)19-5-3-4-18(15-19)24(25,26)27/h3-7,14-15H,2,8-13,16H2,1H3. The van der Waals surface area contributed by atoms with Crippen LogP contribution in [0.3, 0.4) is 0 Å². The molecular formula is C24H26F3N3O5. The second kappa shape index (κ2) is 10.9. The van der Waals surface area contributed by atoms with Gasteiger partial charge in [-0.2, -0.15) is 18.2 Å². The largest absolute Gasteiger partial charge is 0.462 e. The van der Waals surface area contributed by atoms with Gasteiger partial charge in [0.05, 0.1) is 12.2 Å². The number of benzene rings is 2. The van der Waals surface area contributed by atoms with Crippen LogP contribution < -0.4 is 14.4 Å². The van der Waals surface area contributed by atoms with Gasteiger partial charge in [-0.15, -0.1) is 0 Å². The minimum absolute atomic E-state index is 0.0954. The second-order valence-electron chi connectivity index (χ2n) is 7.84. The highest BCUT2D eigenvalue weighted by Crippen LogP contribution is 2.33. The molecule has 0 N–H and O–H groups in total. The van der Waals surface area contributed by atoms with E-state index < -0.39 is 17.6 Å². The number of halogens is 3. The van der Waals surface area contributed by atoms with E-state index in [0.29, 0.717) is 62.1 Å². The number of hydrogen-bond donors (Lipinski definition) is 0. The van der Waals surface area contributed by atoms with Gasteiger partial charge in [-0.3, -0.25) is 4.79 Å². The number of ether oxygens (including phenoxy) is 4. The van der Waals surface area contributed by atoms with E-state index in [4.69, 9.17) is 18.9 Å². The van der Waals surface area contributed by atoms with Crippen LogP contribution in [0.25, 0.3) is 0 Å². The predicted octanol–water partition coefficient (Wildman–Crippen LogP) is 3.81. The van der Waals surface area contributed by atoms with Crippen molar-refractivity contribution < 1.29 is 36.9 Å². The van der Waals surface area contributed by atoms with Crippen LogP contribution in [0.4, 0.5) is 18.9 Å². The van der Waals surface area contributed by atoms with E-state index in [0.717, 1.165) is 12.1 Å². The van der Waals surface area contributed by atoms with Crippen molar-refractivity contribution in [1.29, 1.82) is 0 Å². The average Bonchev–Trinajstić information content (AvgIpc) is 3.33. The molecule has 35 heavy (non-hydrogen) atoms. The molecule has 4 rings (SSSR count). The number of carbonyl (C=O) groups excluding carboxylic acids is 1. The molecule has 0 bridgehead atoms. The minimum atomic E-state index is -4.40. The fourth-order valence-electron chi connectivity index (χ4n) is 3.75. The highest BCUT2D eigenvalue weighted by Gasteiger charge is 2.31. The fraction of sp³-hybridized carbons (Fsp3) is 0.417. The lowest BCUT2D eigenvalue weighted by molar-refractivity contribution is -0.137. The van der Waals surface area contributed by atoms with E-state index in [1.807, 2.05) is 11.8 Å². The summed E-state index contributed by atoms with van der Waals surface area (Å²) >= 11 is 0. The zero-order valence-electron chi connectivity index (χ0n) is 19.2. The molecule has 0 aromatic heterocycles. The third-order valence-electron chi connectivity index (χ3n) is 5.57. The lowest BCUT2D eigenvalue weighted by Gasteiger charge is -2.37. The van der Waals surface area contributed by atoms with Gasteiger partial charge in [0.1, 0.15) is 6.61 Å². The Morgan fingerprint density at radius 1 is 1.03 bits per heavy atom. The Morgan fingerprint density at radius 3 is 2.54 bits per heavy atom. The number of alkyl halides is 3. The monoisotopic (exact) mass is 493 g/mol. The van der Waals surface area contributed by atoms with Crippen LogP contribution in [0.5, 0.6) is 11.5 Å².